The van der Waals surface area contributed by atoms with Crippen LogP contribution in [0.3, 0.4) is 0 Å². The van der Waals surface area contributed by atoms with Crippen LogP contribution in [0.1, 0.15) is 29.7 Å². The topological polar surface area (TPSA) is 17.8 Å². The number of hydrogen-bond acceptors (Lipinski definition) is 1. The molecule has 17 heavy (non-hydrogen) atoms. The third kappa shape index (κ3) is 1.87. The molecule has 1 aliphatic rings. The van der Waals surface area contributed by atoms with Gasteiger partial charge in [0.1, 0.15) is 5.15 Å². The highest BCUT2D eigenvalue weighted by Gasteiger charge is 2.19. The minimum Gasteiger partial charge on any atom is -0.222 e. The van der Waals surface area contributed by atoms with E-state index in [1.165, 1.54) is 29.7 Å². The number of benzene rings is 1. The van der Waals surface area contributed by atoms with Crippen LogP contribution < -0.4 is 0 Å². The van der Waals surface area contributed by atoms with Gasteiger partial charge in [0.15, 0.2) is 0 Å². The summed E-state index contributed by atoms with van der Waals surface area (Å²) in [6, 6.07) is 8.30. The second kappa shape index (κ2) is 4.19. The molecule has 0 aliphatic heterocycles. The molecule has 0 radical (unpaired) electrons. The van der Waals surface area contributed by atoms with Crippen LogP contribution in [0.5, 0.6) is 0 Å². The lowest BCUT2D eigenvalue weighted by atomic mass is 9.99. The van der Waals surface area contributed by atoms with Crippen LogP contribution in [-0.2, 0) is 12.8 Å². The van der Waals surface area contributed by atoms with Gasteiger partial charge in [-0.1, -0.05) is 23.7 Å². The zero-order chi connectivity index (χ0) is 11.8. The van der Waals surface area contributed by atoms with Gasteiger partial charge in [0, 0.05) is 5.56 Å². The summed E-state index contributed by atoms with van der Waals surface area (Å²) in [7, 11) is 0. The van der Waals surface area contributed by atoms with Crippen LogP contribution >= 0.6 is 11.6 Å². The number of halogens is 1. The Morgan fingerprint density at radius 3 is 2.82 bits per heavy atom. The number of nitrogens with zero attached hydrogens (tertiary/aromatic N) is 2. The van der Waals surface area contributed by atoms with E-state index >= 15 is 0 Å². The van der Waals surface area contributed by atoms with Crippen molar-refractivity contribution < 1.29 is 0 Å². The Bertz CT molecular complexity index is 557. The number of aromatic nitrogens is 2. The summed E-state index contributed by atoms with van der Waals surface area (Å²) >= 11 is 6.43. The molecule has 2 nitrogen and oxygen atoms in total. The molecule has 2 aromatic rings. The van der Waals surface area contributed by atoms with Crippen LogP contribution in [0.4, 0.5) is 0 Å². The van der Waals surface area contributed by atoms with Crippen LogP contribution in [0.15, 0.2) is 24.3 Å². The van der Waals surface area contributed by atoms with Gasteiger partial charge in [-0.05, 0) is 50.3 Å². The Kier molecular flexibility index (Phi) is 2.67. The van der Waals surface area contributed by atoms with E-state index in [2.05, 4.69) is 30.2 Å². The van der Waals surface area contributed by atoms with Gasteiger partial charge in [-0.15, -0.1) is 0 Å². The average molecular weight is 247 g/mol. The third-order valence-electron chi connectivity index (χ3n) is 3.34. The maximum Gasteiger partial charge on any atom is 0.136 e. The second-order valence-corrected chi connectivity index (χ2v) is 5.03. The SMILES string of the molecule is Cc1cccc(-n2nc3c(c2Cl)CCCC3)c1. The molecule has 0 saturated heterocycles. The number of hydrogen-bond donors (Lipinski definition) is 0. The van der Waals surface area contributed by atoms with Crippen LogP contribution in [0.2, 0.25) is 5.15 Å². The fourth-order valence-electron chi connectivity index (χ4n) is 2.45. The summed E-state index contributed by atoms with van der Waals surface area (Å²) in [6.07, 6.45) is 4.59. The van der Waals surface area contributed by atoms with Gasteiger partial charge >= 0.3 is 0 Å². The van der Waals surface area contributed by atoms with Crippen molar-refractivity contribution in [2.45, 2.75) is 32.6 Å². The molecule has 0 atom stereocenters. The molecule has 0 amide bonds. The average Bonchev–Trinajstić information content (AvgIpc) is 2.68. The van der Waals surface area contributed by atoms with Crippen LogP contribution in [-0.4, -0.2) is 9.78 Å². The van der Waals surface area contributed by atoms with Gasteiger partial charge in [-0.2, -0.15) is 5.10 Å². The molecule has 0 bridgehead atoms. The number of fused-ring (bicyclic) bond motifs is 1. The summed E-state index contributed by atoms with van der Waals surface area (Å²) in [5.41, 5.74) is 4.72. The molecule has 1 aliphatic carbocycles. The first kappa shape index (κ1) is 10.8. The largest absolute Gasteiger partial charge is 0.222 e. The normalized spacial score (nSPS) is 14.7. The molecule has 0 fully saturated rings. The first-order chi connectivity index (χ1) is 8.25. The van der Waals surface area contributed by atoms with E-state index < -0.39 is 0 Å². The maximum absolute atomic E-state index is 6.43. The molecular formula is C14H15ClN2. The van der Waals surface area contributed by atoms with Gasteiger partial charge < -0.3 is 0 Å². The molecular weight excluding hydrogens is 232 g/mol. The molecule has 88 valence electrons. The van der Waals surface area contributed by atoms with Gasteiger partial charge in [-0.25, -0.2) is 4.68 Å². The van der Waals surface area contributed by atoms with E-state index in [9.17, 15) is 0 Å². The van der Waals surface area contributed by atoms with Crippen molar-refractivity contribution in [2.24, 2.45) is 0 Å². The minimum absolute atomic E-state index is 0.797. The number of aryl methyl sites for hydroxylation is 2. The zero-order valence-electron chi connectivity index (χ0n) is 9.91. The highest BCUT2D eigenvalue weighted by Crippen LogP contribution is 2.29. The molecule has 1 aromatic heterocycles. The van der Waals surface area contributed by atoms with Gasteiger partial charge in [0.2, 0.25) is 0 Å². The van der Waals surface area contributed by atoms with Crippen molar-refractivity contribution >= 4 is 11.6 Å². The highest BCUT2D eigenvalue weighted by atomic mass is 35.5. The quantitative estimate of drug-likeness (QED) is 0.750. The molecule has 0 spiro atoms. The lowest BCUT2D eigenvalue weighted by Gasteiger charge is -2.08. The van der Waals surface area contributed by atoms with Crippen molar-refractivity contribution in [1.82, 2.24) is 9.78 Å². The van der Waals surface area contributed by atoms with Crippen molar-refractivity contribution in [2.75, 3.05) is 0 Å². The summed E-state index contributed by atoms with van der Waals surface area (Å²) in [6.45, 7) is 2.08. The zero-order valence-corrected chi connectivity index (χ0v) is 10.7. The minimum atomic E-state index is 0.797. The molecule has 3 rings (SSSR count). The predicted octanol–water partition coefficient (Wildman–Crippen LogP) is 3.71. The van der Waals surface area contributed by atoms with Gasteiger partial charge in [0.25, 0.3) is 0 Å². The summed E-state index contributed by atoms with van der Waals surface area (Å²) in [4.78, 5) is 0. The molecule has 0 saturated carbocycles. The Morgan fingerprint density at radius 2 is 2.06 bits per heavy atom. The predicted molar refractivity (Wildman–Crippen MR) is 70.0 cm³/mol. The van der Waals surface area contributed by atoms with Crippen LogP contribution in [0, 0.1) is 6.92 Å². The third-order valence-corrected chi connectivity index (χ3v) is 3.73. The van der Waals surface area contributed by atoms with E-state index in [-0.39, 0.29) is 0 Å². The van der Waals surface area contributed by atoms with E-state index in [4.69, 9.17) is 11.6 Å². The molecule has 3 heteroatoms. The van der Waals surface area contributed by atoms with Crippen LogP contribution in [0.25, 0.3) is 5.69 Å². The monoisotopic (exact) mass is 246 g/mol. The fraction of sp³-hybridized carbons (Fsp3) is 0.357. The van der Waals surface area contributed by atoms with E-state index in [1.54, 1.807) is 0 Å². The fourth-order valence-corrected chi connectivity index (χ4v) is 2.78. The van der Waals surface area contributed by atoms with Gasteiger partial charge in [-0.3, -0.25) is 0 Å². The Labute approximate surface area is 106 Å². The Balaban J connectivity index is 2.12. The molecule has 0 unspecified atom stereocenters. The van der Waals surface area contributed by atoms with Crippen molar-refractivity contribution in [1.29, 1.82) is 0 Å². The smallest absolute Gasteiger partial charge is 0.136 e. The standard InChI is InChI=1S/C14H15ClN2/c1-10-5-4-6-11(9-10)17-14(15)12-7-2-3-8-13(12)16-17/h4-6,9H,2-3,7-8H2,1H3. The highest BCUT2D eigenvalue weighted by molar-refractivity contribution is 6.30. The summed E-state index contributed by atoms with van der Waals surface area (Å²) in [5.74, 6) is 0. The molecule has 1 aromatic carbocycles. The van der Waals surface area contributed by atoms with Crippen molar-refractivity contribution in [3.63, 3.8) is 0 Å². The first-order valence-corrected chi connectivity index (χ1v) is 6.47. The Morgan fingerprint density at radius 1 is 1.24 bits per heavy atom. The van der Waals surface area contributed by atoms with E-state index in [0.29, 0.717) is 0 Å². The lowest BCUT2D eigenvalue weighted by Crippen LogP contribution is -2.00. The first-order valence-electron chi connectivity index (χ1n) is 6.09. The second-order valence-electron chi connectivity index (χ2n) is 4.67. The van der Waals surface area contributed by atoms with Crippen molar-refractivity contribution in [3.05, 3.63) is 46.2 Å². The van der Waals surface area contributed by atoms with Crippen molar-refractivity contribution in [3.8, 4) is 5.69 Å². The summed E-state index contributed by atoms with van der Waals surface area (Å²) in [5, 5.41) is 5.44. The summed E-state index contributed by atoms with van der Waals surface area (Å²) < 4.78 is 1.88. The number of rotatable bonds is 1. The lowest BCUT2D eigenvalue weighted by molar-refractivity contribution is 0.671. The molecule has 0 N–H and O–H groups in total. The molecule has 1 heterocycles. The van der Waals surface area contributed by atoms with E-state index in [1.807, 2.05) is 10.7 Å². The maximum atomic E-state index is 6.43. The Hall–Kier alpha value is -1.28. The van der Waals surface area contributed by atoms with Gasteiger partial charge in [0.05, 0.1) is 11.4 Å². The van der Waals surface area contributed by atoms with E-state index in [0.717, 1.165) is 23.7 Å².